The summed E-state index contributed by atoms with van der Waals surface area (Å²) in [5, 5.41) is 13.0. The minimum atomic E-state index is -0.407. The molecule has 1 aromatic carbocycles. The minimum Gasteiger partial charge on any atom is -0.292 e. The van der Waals surface area contributed by atoms with Crippen molar-refractivity contribution in [3.8, 4) is 6.07 Å². The van der Waals surface area contributed by atoms with E-state index < -0.39 is 5.78 Å². The second-order valence-electron chi connectivity index (χ2n) is 2.87. The lowest BCUT2D eigenvalue weighted by atomic mass is 10.3. The first-order valence-electron chi connectivity index (χ1n) is 4.24. The molecule has 0 saturated carbocycles. The molecule has 0 amide bonds. The fraction of sp³-hybridized carbons (Fsp3) is 0.100. The van der Waals surface area contributed by atoms with E-state index in [1.54, 1.807) is 24.3 Å². The third kappa shape index (κ3) is 3.23. The fourth-order valence-electron chi connectivity index (χ4n) is 0.869. The van der Waals surface area contributed by atoms with Gasteiger partial charge in [0.2, 0.25) is 5.71 Å². The van der Waals surface area contributed by atoms with Gasteiger partial charge in [0.05, 0.1) is 15.7 Å². The number of carbonyl (C=O) groups excluding carboxylic acids is 1. The molecule has 0 aliphatic rings. The molecule has 16 heavy (non-hydrogen) atoms. The molecule has 0 saturated heterocycles. The first kappa shape index (κ1) is 12.5. The summed E-state index contributed by atoms with van der Waals surface area (Å²) in [6.45, 7) is 1.26. The van der Waals surface area contributed by atoms with Crippen molar-refractivity contribution in [3.63, 3.8) is 0 Å². The van der Waals surface area contributed by atoms with Crippen molar-refractivity contribution < 1.29 is 4.79 Å². The molecule has 0 aliphatic carbocycles. The summed E-state index contributed by atoms with van der Waals surface area (Å²) in [5.74, 6) is -0.407. The largest absolute Gasteiger partial charge is 0.292 e. The normalized spacial score (nSPS) is 10.8. The number of rotatable bonds is 3. The van der Waals surface area contributed by atoms with Crippen LogP contribution in [-0.4, -0.2) is 11.5 Å². The Labute approximate surface area is 102 Å². The smallest absolute Gasteiger partial charge is 0.203 e. The van der Waals surface area contributed by atoms with Gasteiger partial charge in [-0.2, -0.15) is 10.4 Å². The Kier molecular flexibility index (Phi) is 4.29. The van der Waals surface area contributed by atoms with Gasteiger partial charge in [-0.1, -0.05) is 23.2 Å². The summed E-state index contributed by atoms with van der Waals surface area (Å²) in [5.41, 5.74) is 2.89. The molecule has 82 valence electrons. The van der Waals surface area contributed by atoms with Gasteiger partial charge in [-0.15, -0.1) is 0 Å². The molecule has 0 heterocycles. The van der Waals surface area contributed by atoms with E-state index >= 15 is 0 Å². The molecule has 1 aromatic rings. The van der Waals surface area contributed by atoms with E-state index in [0.29, 0.717) is 15.7 Å². The van der Waals surface area contributed by atoms with Crippen molar-refractivity contribution in [1.29, 1.82) is 5.26 Å². The molecule has 0 atom stereocenters. The lowest BCUT2D eigenvalue weighted by Gasteiger charge is -2.02. The van der Waals surface area contributed by atoms with E-state index in [-0.39, 0.29) is 5.71 Å². The number of carbonyl (C=O) groups is 1. The van der Waals surface area contributed by atoms with Gasteiger partial charge >= 0.3 is 0 Å². The summed E-state index contributed by atoms with van der Waals surface area (Å²) < 4.78 is 0. The Morgan fingerprint density at radius 2 is 2.12 bits per heavy atom. The zero-order chi connectivity index (χ0) is 12.1. The SMILES string of the molecule is CC(=O)/C(C#N)=N/Nc1ccc(Cl)c(Cl)c1. The van der Waals surface area contributed by atoms with Gasteiger partial charge in [0.25, 0.3) is 0 Å². The number of halogens is 2. The Hall–Kier alpha value is -1.57. The molecule has 4 nitrogen and oxygen atoms in total. The monoisotopic (exact) mass is 255 g/mol. The highest BCUT2D eigenvalue weighted by Crippen LogP contribution is 2.24. The number of nitriles is 1. The highest BCUT2D eigenvalue weighted by molar-refractivity contribution is 6.45. The van der Waals surface area contributed by atoms with Crippen molar-refractivity contribution >= 4 is 40.4 Å². The van der Waals surface area contributed by atoms with Crippen molar-refractivity contribution in [2.75, 3.05) is 5.43 Å². The zero-order valence-electron chi connectivity index (χ0n) is 8.29. The third-order valence-corrected chi connectivity index (χ3v) is 2.39. The fourth-order valence-corrected chi connectivity index (χ4v) is 1.17. The van der Waals surface area contributed by atoms with E-state index in [0.717, 1.165) is 0 Å². The van der Waals surface area contributed by atoms with Crippen LogP contribution >= 0.6 is 23.2 Å². The number of anilines is 1. The topological polar surface area (TPSA) is 65.2 Å². The summed E-state index contributed by atoms with van der Waals surface area (Å²) >= 11 is 11.5. The van der Waals surface area contributed by atoms with Crippen LogP contribution in [0.15, 0.2) is 23.3 Å². The Morgan fingerprint density at radius 3 is 2.62 bits per heavy atom. The maximum absolute atomic E-state index is 10.9. The Balaban J connectivity index is 2.86. The Morgan fingerprint density at radius 1 is 1.44 bits per heavy atom. The van der Waals surface area contributed by atoms with Gasteiger partial charge in [0, 0.05) is 6.92 Å². The van der Waals surface area contributed by atoms with Gasteiger partial charge in [-0.05, 0) is 18.2 Å². The maximum Gasteiger partial charge on any atom is 0.203 e. The summed E-state index contributed by atoms with van der Waals surface area (Å²) in [6.07, 6.45) is 0. The molecule has 0 aliphatic heterocycles. The number of Topliss-reactive ketones (excluding diaryl/α,β-unsaturated/α-hetero) is 1. The second-order valence-corrected chi connectivity index (χ2v) is 3.68. The van der Waals surface area contributed by atoms with E-state index in [4.69, 9.17) is 28.5 Å². The quantitative estimate of drug-likeness (QED) is 0.667. The standard InChI is InChI=1S/C10H7Cl2N3O/c1-6(16)10(5-13)15-14-7-2-3-8(11)9(12)4-7/h2-4,14H,1H3/b15-10+. The number of ketones is 1. The highest BCUT2D eigenvalue weighted by Gasteiger charge is 2.04. The van der Waals surface area contributed by atoms with Crippen LogP contribution in [0.4, 0.5) is 5.69 Å². The van der Waals surface area contributed by atoms with Crippen LogP contribution in [0.1, 0.15) is 6.92 Å². The van der Waals surface area contributed by atoms with Crippen molar-refractivity contribution in [1.82, 2.24) is 0 Å². The third-order valence-electron chi connectivity index (χ3n) is 1.66. The predicted octanol–water partition coefficient (Wildman–Crippen LogP) is 2.87. The van der Waals surface area contributed by atoms with Crippen LogP contribution in [0, 0.1) is 11.3 Å². The minimum absolute atomic E-state index is 0.203. The second kappa shape index (κ2) is 5.50. The summed E-state index contributed by atoms with van der Waals surface area (Å²) in [6, 6.07) is 6.44. The Bertz CT molecular complexity index is 491. The van der Waals surface area contributed by atoms with Gasteiger partial charge in [-0.25, -0.2) is 0 Å². The number of benzene rings is 1. The van der Waals surface area contributed by atoms with Crippen LogP contribution in [0.25, 0.3) is 0 Å². The average Bonchev–Trinajstić information content (AvgIpc) is 2.23. The first-order chi connectivity index (χ1) is 7.54. The maximum atomic E-state index is 10.9. The van der Waals surface area contributed by atoms with E-state index in [1.165, 1.54) is 6.92 Å². The summed E-state index contributed by atoms with van der Waals surface area (Å²) in [7, 11) is 0. The molecule has 6 heteroatoms. The van der Waals surface area contributed by atoms with Crippen molar-refractivity contribution in [3.05, 3.63) is 28.2 Å². The molecule has 0 unspecified atom stereocenters. The van der Waals surface area contributed by atoms with E-state index in [2.05, 4.69) is 10.5 Å². The van der Waals surface area contributed by atoms with Gasteiger partial charge in [0.15, 0.2) is 5.78 Å². The number of nitrogens with one attached hydrogen (secondary N) is 1. The number of hydrogen-bond donors (Lipinski definition) is 1. The number of hydrogen-bond acceptors (Lipinski definition) is 4. The lowest BCUT2D eigenvalue weighted by molar-refractivity contribution is -0.110. The lowest BCUT2D eigenvalue weighted by Crippen LogP contribution is -2.09. The van der Waals surface area contributed by atoms with Crippen LogP contribution in [0.5, 0.6) is 0 Å². The molecule has 1 rings (SSSR count). The number of hydrazone groups is 1. The van der Waals surface area contributed by atoms with E-state index in [1.807, 2.05) is 0 Å². The van der Waals surface area contributed by atoms with Crippen molar-refractivity contribution in [2.24, 2.45) is 5.10 Å². The average molecular weight is 256 g/mol. The van der Waals surface area contributed by atoms with Gasteiger partial charge in [0.1, 0.15) is 6.07 Å². The predicted molar refractivity (Wildman–Crippen MR) is 63.8 cm³/mol. The van der Waals surface area contributed by atoms with Crippen molar-refractivity contribution in [2.45, 2.75) is 6.92 Å². The van der Waals surface area contributed by atoms with Crippen LogP contribution in [0.2, 0.25) is 10.0 Å². The molecular weight excluding hydrogens is 249 g/mol. The highest BCUT2D eigenvalue weighted by atomic mass is 35.5. The van der Waals surface area contributed by atoms with Crippen LogP contribution in [-0.2, 0) is 4.79 Å². The molecule has 0 spiro atoms. The molecule has 0 bridgehead atoms. The number of nitrogens with zero attached hydrogens (tertiary/aromatic N) is 2. The molecule has 0 aromatic heterocycles. The van der Waals surface area contributed by atoms with Gasteiger partial charge < -0.3 is 0 Å². The first-order valence-corrected chi connectivity index (χ1v) is 5.00. The van der Waals surface area contributed by atoms with Gasteiger partial charge in [-0.3, -0.25) is 10.2 Å². The molecule has 0 radical (unpaired) electrons. The molecule has 0 fully saturated rings. The van der Waals surface area contributed by atoms with Crippen LogP contribution in [0.3, 0.4) is 0 Å². The molecular formula is C10H7Cl2N3O. The van der Waals surface area contributed by atoms with Crippen LogP contribution < -0.4 is 5.43 Å². The van der Waals surface area contributed by atoms with E-state index in [9.17, 15) is 4.79 Å². The zero-order valence-corrected chi connectivity index (χ0v) is 9.80. The summed E-state index contributed by atoms with van der Waals surface area (Å²) in [4.78, 5) is 10.9. The molecule has 1 N–H and O–H groups in total.